The molecule has 4 fully saturated rings. The zero-order valence-electron chi connectivity index (χ0n) is 39.0. The molecule has 0 saturated carbocycles. The summed E-state index contributed by atoms with van der Waals surface area (Å²) in [5, 5.41) is 48.1. The highest BCUT2D eigenvalue weighted by Gasteiger charge is 2.55. The van der Waals surface area contributed by atoms with Crippen LogP contribution in [0.3, 0.4) is 0 Å². The first-order chi connectivity index (χ1) is 33.9. The lowest BCUT2D eigenvalue weighted by Crippen LogP contribution is -2.55. The van der Waals surface area contributed by atoms with Crippen LogP contribution in [0.1, 0.15) is 88.1 Å². The van der Waals surface area contributed by atoms with Gasteiger partial charge in [-0.2, -0.15) is 0 Å². The molecule has 4 heterocycles. The molecule has 4 aliphatic heterocycles. The Morgan fingerprint density at radius 3 is 2.14 bits per heavy atom. The molecular formula is C46H55N7O18. The fraction of sp³-hybridized carbons (Fsp3) is 0.543. The molecule has 8 rings (SSSR count). The summed E-state index contributed by atoms with van der Waals surface area (Å²) in [6, 6.07) is 4.08. The topological polar surface area (TPSA) is 336 Å². The maximum atomic E-state index is 14.2. The lowest BCUT2D eigenvalue weighted by molar-refractivity contribution is -0.256. The minimum Gasteiger partial charge on any atom is -0.507 e. The van der Waals surface area contributed by atoms with E-state index in [1.54, 1.807) is 6.92 Å². The number of nitrogens with one attached hydrogen (secondary N) is 5. The standard InChI is InChI=1S/C46H55N7O18/c1-21-42-24(52-13-14-68-44(67-3)43(52)71-42)15-33(69-21)70-26-17-46(65,16-23-35(26)41(63)37-36(39(23)61)38(60)22-5-4-6-25(66-2)34(22)40(37)62)45(64)48-11-10-47-28(55)18-50-30(57)20-51-29(56)19-49-27(54)9-12-53-31(58)7-8-32(53)59/h4-6,21,24,26,33,42-44,61,63,65H,7-20H2,1-3H3,(H,47,55)(H,48,64)(H,49,54)(H,50,57)(H,51,56)/t21-,24-,26-,33-,42+,43+,44-,46-/m0/s1. The average Bonchev–Trinajstić information content (AvgIpc) is 3.90. The van der Waals surface area contributed by atoms with Gasteiger partial charge in [-0.15, -0.1) is 0 Å². The van der Waals surface area contributed by atoms with Crippen LogP contribution in [0.5, 0.6) is 17.2 Å². The number of ether oxygens (including phenoxy) is 6. The summed E-state index contributed by atoms with van der Waals surface area (Å²) in [5.74, 6) is -7.43. The SMILES string of the molecule is COc1cccc2c1C(=O)c1c(O)c3c(c(O)c1C2=O)C[C@@](O)(C(=O)NCCNC(=O)CNC(=O)CNC(=O)CNC(=O)CCN1C(=O)CCC1=O)C[C@@H]3O[C@H]1C[C@H]2[C@H](O[C@@H]3[C@@H](OC)OCCN32)[C@H](C)O1. The Labute approximate surface area is 405 Å². The highest BCUT2D eigenvalue weighted by molar-refractivity contribution is 6.31. The van der Waals surface area contributed by atoms with Crippen molar-refractivity contribution in [2.75, 3.05) is 66.6 Å². The fourth-order valence-electron chi connectivity index (χ4n) is 9.94. The van der Waals surface area contributed by atoms with E-state index in [-0.39, 0.29) is 91.2 Å². The number of imide groups is 1. The van der Waals surface area contributed by atoms with Crippen LogP contribution in [-0.4, -0.2) is 187 Å². The molecule has 8 N–H and O–H groups in total. The first-order valence-electron chi connectivity index (χ1n) is 23.1. The Morgan fingerprint density at radius 2 is 1.46 bits per heavy atom. The van der Waals surface area contributed by atoms with Gasteiger partial charge in [0.1, 0.15) is 29.0 Å². The minimum atomic E-state index is -2.38. The predicted octanol–water partition coefficient (Wildman–Crippen LogP) is -2.73. The highest BCUT2D eigenvalue weighted by Crippen LogP contribution is 2.53. The van der Waals surface area contributed by atoms with Crippen LogP contribution < -0.4 is 31.3 Å². The van der Waals surface area contributed by atoms with E-state index in [2.05, 4.69) is 31.5 Å². The number of carbonyl (C=O) groups is 9. The number of phenols is 2. The number of nitrogens with zero attached hydrogens (tertiary/aromatic N) is 2. The maximum Gasteiger partial charge on any atom is 0.252 e. The van der Waals surface area contributed by atoms with Gasteiger partial charge >= 0.3 is 0 Å². The molecule has 4 saturated heterocycles. The van der Waals surface area contributed by atoms with Crippen molar-refractivity contribution in [2.24, 2.45) is 0 Å². The van der Waals surface area contributed by atoms with E-state index in [9.17, 15) is 58.5 Å². The molecule has 0 radical (unpaired) electrons. The van der Waals surface area contributed by atoms with Crippen molar-refractivity contribution in [3.05, 3.63) is 51.6 Å². The molecular weight excluding hydrogens is 939 g/mol. The summed E-state index contributed by atoms with van der Waals surface area (Å²) >= 11 is 0. The predicted molar refractivity (Wildman–Crippen MR) is 237 cm³/mol. The van der Waals surface area contributed by atoms with Gasteiger partial charge in [0.25, 0.3) is 5.91 Å². The van der Waals surface area contributed by atoms with E-state index in [1.807, 2.05) is 0 Å². The molecule has 71 heavy (non-hydrogen) atoms. The third-order valence-electron chi connectivity index (χ3n) is 13.4. The number of aromatic hydroxyl groups is 2. The van der Waals surface area contributed by atoms with Crippen LogP contribution in [0.4, 0.5) is 0 Å². The Bertz CT molecular complexity index is 2520. The molecule has 0 aromatic heterocycles. The summed E-state index contributed by atoms with van der Waals surface area (Å²) < 4.78 is 35.8. The first kappa shape index (κ1) is 50.8. The molecule has 0 bridgehead atoms. The van der Waals surface area contributed by atoms with Crippen LogP contribution in [0.25, 0.3) is 0 Å². The van der Waals surface area contributed by atoms with E-state index in [0.717, 1.165) is 4.90 Å². The number of ketones is 2. The van der Waals surface area contributed by atoms with Crippen molar-refractivity contribution in [3.8, 4) is 17.2 Å². The second-order valence-corrected chi connectivity index (χ2v) is 17.8. The van der Waals surface area contributed by atoms with Gasteiger partial charge in [0.15, 0.2) is 24.6 Å². The molecule has 382 valence electrons. The summed E-state index contributed by atoms with van der Waals surface area (Å²) in [7, 11) is 2.82. The van der Waals surface area contributed by atoms with Gasteiger partial charge in [-0.05, 0) is 13.0 Å². The van der Waals surface area contributed by atoms with Gasteiger partial charge in [-0.1, -0.05) is 12.1 Å². The third-order valence-corrected chi connectivity index (χ3v) is 13.4. The average molecular weight is 994 g/mol. The first-order valence-corrected chi connectivity index (χ1v) is 23.1. The monoisotopic (exact) mass is 993 g/mol. The molecule has 25 heteroatoms. The van der Waals surface area contributed by atoms with E-state index >= 15 is 0 Å². The third kappa shape index (κ3) is 10.2. The molecule has 6 aliphatic rings. The van der Waals surface area contributed by atoms with Crippen molar-refractivity contribution in [3.63, 3.8) is 0 Å². The van der Waals surface area contributed by atoms with Crippen LogP contribution >= 0.6 is 0 Å². The number of rotatable bonds is 17. The van der Waals surface area contributed by atoms with E-state index < -0.39 is 139 Å². The van der Waals surface area contributed by atoms with Gasteiger partial charge in [-0.3, -0.25) is 53.0 Å². The molecule has 7 amide bonds. The summed E-state index contributed by atoms with van der Waals surface area (Å²) in [6.07, 6.45) is -5.63. The van der Waals surface area contributed by atoms with Gasteiger partial charge in [-0.25, -0.2) is 0 Å². The highest BCUT2D eigenvalue weighted by atomic mass is 16.7. The summed E-state index contributed by atoms with van der Waals surface area (Å²) in [5.41, 5.74) is -3.98. The minimum absolute atomic E-state index is 0.0620. The van der Waals surface area contributed by atoms with E-state index in [1.165, 1.54) is 32.4 Å². The van der Waals surface area contributed by atoms with Crippen molar-refractivity contribution in [1.29, 1.82) is 0 Å². The van der Waals surface area contributed by atoms with Crippen molar-refractivity contribution >= 4 is 52.9 Å². The second-order valence-electron chi connectivity index (χ2n) is 17.8. The Kier molecular flexibility index (Phi) is 15.0. The number of amides is 7. The molecule has 25 nitrogen and oxygen atoms in total. The fourth-order valence-corrected chi connectivity index (χ4v) is 9.94. The van der Waals surface area contributed by atoms with Gasteiger partial charge in [0.2, 0.25) is 41.2 Å². The summed E-state index contributed by atoms with van der Waals surface area (Å²) in [4.78, 5) is 118. The molecule has 2 aromatic rings. The molecule has 0 spiro atoms. The number of morpholine rings is 1. The number of aliphatic hydroxyl groups is 1. The number of hydrogen-bond acceptors (Lipinski definition) is 19. The van der Waals surface area contributed by atoms with E-state index in [0.29, 0.717) is 13.2 Å². The van der Waals surface area contributed by atoms with Crippen molar-refractivity contribution in [1.82, 2.24) is 36.4 Å². The zero-order chi connectivity index (χ0) is 50.9. The van der Waals surface area contributed by atoms with Crippen LogP contribution in [-0.2, 0) is 63.7 Å². The maximum absolute atomic E-state index is 14.2. The summed E-state index contributed by atoms with van der Waals surface area (Å²) in [6.45, 7) is 0.587. The van der Waals surface area contributed by atoms with Gasteiger partial charge < -0.3 is 70.3 Å². The number of fused-ring (bicyclic) bond motifs is 6. The molecule has 8 atom stereocenters. The number of methoxy groups -OCH3 is 2. The van der Waals surface area contributed by atoms with Gasteiger partial charge in [0, 0.05) is 94.5 Å². The number of likely N-dealkylation sites (tertiary alicyclic amines) is 1. The Balaban J connectivity index is 0.894. The number of hydrogen-bond donors (Lipinski definition) is 8. The molecule has 2 aliphatic carbocycles. The number of phenolic OH excluding ortho intramolecular Hbond substituents is 2. The largest absolute Gasteiger partial charge is 0.507 e. The number of carbonyl (C=O) groups excluding carboxylic acids is 9. The molecule has 2 aromatic carbocycles. The van der Waals surface area contributed by atoms with Crippen LogP contribution in [0.15, 0.2) is 18.2 Å². The normalized spacial score (nSPS) is 26.6. The van der Waals surface area contributed by atoms with E-state index in [4.69, 9.17) is 28.4 Å². The lowest BCUT2D eigenvalue weighted by Gasteiger charge is -2.43. The van der Waals surface area contributed by atoms with Gasteiger partial charge in [0.05, 0.1) is 62.2 Å². The lowest BCUT2D eigenvalue weighted by atomic mass is 9.72. The zero-order valence-corrected chi connectivity index (χ0v) is 39.0. The van der Waals surface area contributed by atoms with Crippen molar-refractivity contribution < 1.29 is 86.9 Å². The van der Waals surface area contributed by atoms with Crippen molar-refractivity contribution in [2.45, 2.75) is 94.2 Å². The quantitative estimate of drug-likeness (QED) is 0.0387. The Hall–Kier alpha value is -6.61. The second kappa shape index (κ2) is 21.0. The molecule has 0 unspecified atom stereocenters. The number of benzene rings is 2. The van der Waals surface area contributed by atoms with Crippen LogP contribution in [0.2, 0.25) is 0 Å². The Morgan fingerprint density at radius 1 is 0.817 bits per heavy atom. The smallest absolute Gasteiger partial charge is 0.252 e. The van der Waals surface area contributed by atoms with Crippen LogP contribution in [0, 0.1) is 0 Å².